The maximum absolute atomic E-state index is 10.1. The van der Waals surface area contributed by atoms with Gasteiger partial charge in [-0.05, 0) is 12.8 Å². The summed E-state index contributed by atoms with van der Waals surface area (Å²) in [7, 11) is 0. The number of carbonyl (C=O) groups excluding carboxylic acids is 1. The topological polar surface area (TPSA) is 111 Å². The number of nitrogens with one attached hydrogen (secondary N) is 1. The number of amides is 2. The number of rotatable bonds is 8. The van der Waals surface area contributed by atoms with Crippen molar-refractivity contribution in [2.45, 2.75) is 25.7 Å². The number of urea groups is 1. The molecule has 0 aromatic heterocycles. The summed E-state index contributed by atoms with van der Waals surface area (Å²) in [5.74, 6) is -0.808. The predicted octanol–water partition coefficient (Wildman–Crippen LogP) is 0.163. The van der Waals surface area contributed by atoms with Gasteiger partial charge in [0.15, 0.2) is 0 Å². The van der Waals surface area contributed by atoms with Crippen LogP contribution in [0.2, 0.25) is 0 Å². The van der Waals surface area contributed by atoms with Gasteiger partial charge in [-0.25, -0.2) is 9.68 Å². The molecule has 0 bridgehead atoms. The van der Waals surface area contributed by atoms with Crippen molar-refractivity contribution >= 4 is 12.0 Å². The highest BCUT2D eigenvalue weighted by molar-refractivity contribution is 5.70. The van der Waals surface area contributed by atoms with Gasteiger partial charge in [0.2, 0.25) is 0 Å². The van der Waals surface area contributed by atoms with Gasteiger partial charge < -0.3 is 10.8 Å². The molecule has 0 radical (unpaired) electrons. The van der Waals surface area contributed by atoms with Crippen LogP contribution in [0.3, 0.4) is 0 Å². The first-order chi connectivity index (χ1) is 6.63. The Bertz CT molecular complexity index is 165. The van der Waals surface area contributed by atoms with Crippen molar-refractivity contribution in [1.82, 2.24) is 5.48 Å². The van der Waals surface area contributed by atoms with Gasteiger partial charge in [-0.15, -0.1) is 4.99 Å². The fraction of sp³-hybridized carbons (Fsp3) is 0.714. The van der Waals surface area contributed by atoms with Crippen LogP contribution >= 0.6 is 0 Å². The summed E-state index contributed by atoms with van der Waals surface area (Å²) in [5.41, 5.74) is 6.45. The molecule has 0 rings (SSSR count). The SMILES string of the molecule is NC(=O)NOOCCCCCC(=O)O. The van der Waals surface area contributed by atoms with Crippen LogP contribution in [0.1, 0.15) is 25.7 Å². The number of hydrogen-bond acceptors (Lipinski definition) is 4. The molecule has 7 heteroatoms. The van der Waals surface area contributed by atoms with Crippen LogP contribution in [0.25, 0.3) is 0 Å². The van der Waals surface area contributed by atoms with Gasteiger partial charge >= 0.3 is 12.0 Å². The van der Waals surface area contributed by atoms with Crippen molar-refractivity contribution in [2.24, 2.45) is 5.73 Å². The van der Waals surface area contributed by atoms with Crippen LogP contribution in [0.4, 0.5) is 4.79 Å². The number of nitrogens with two attached hydrogens (primary N) is 1. The van der Waals surface area contributed by atoms with Crippen molar-refractivity contribution in [2.75, 3.05) is 6.61 Å². The van der Waals surface area contributed by atoms with E-state index in [1.54, 1.807) is 5.48 Å². The third kappa shape index (κ3) is 10.7. The number of carboxylic acid groups (broad SMARTS) is 1. The smallest absolute Gasteiger partial charge is 0.338 e. The van der Waals surface area contributed by atoms with Gasteiger partial charge in [0, 0.05) is 6.42 Å². The average Bonchev–Trinajstić information content (AvgIpc) is 2.08. The van der Waals surface area contributed by atoms with Gasteiger partial charge in [0.1, 0.15) is 0 Å². The van der Waals surface area contributed by atoms with E-state index >= 15 is 0 Å². The quantitative estimate of drug-likeness (QED) is 0.297. The summed E-state index contributed by atoms with van der Waals surface area (Å²) in [6.07, 6.45) is 2.14. The first-order valence-electron chi connectivity index (χ1n) is 4.18. The van der Waals surface area contributed by atoms with Crippen molar-refractivity contribution in [1.29, 1.82) is 0 Å². The number of unbranched alkanes of at least 4 members (excludes halogenated alkanes) is 2. The fourth-order valence-electron chi connectivity index (χ4n) is 0.726. The van der Waals surface area contributed by atoms with E-state index in [9.17, 15) is 9.59 Å². The van der Waals surface area contributed by atoms with Crippen LogP contribution in [-0.2, 0) is 14.7 Å². The van der Waals surface area contributed by atoms with Crippen LogP contribution < -0.4 is 11.2 Å². The Labute approximate surface area is 81.0 Å². The lowest BCUT2D eigenvalue weighted by atomic mass is 10.2. The van der Waals surface area contributed by atoms with E-state index in [4.69, 9.17) is 5.11 Å². The molecule has 14 heavy (non-hydrogen) atoms. The lowest BCUT2D eigenvalue weighted by Crippen LogP contribution is -2.29. The Hall–Kier alpha value is -1.34. The molecule has 7 nitrogen and oxygen atoms in total. The molecule has 0 atom stereocenters. The Morgan fingerprint density at radius 1 is 1.29 bits per heavy atom. The van der Waals surface area contributed by atoms with Crippen molar-refractivity contribution in [3.63, 3.8) is 0 Å². The lowest BCUT2D eigenvalue weighted by molar-refractivity contribution is -0.324. The van der Waals surface area contributed by atoms with E-state index in [1.165, 1.54) is 0 Å². The summed E-state index contributed by atoms with van der Waals surface area (Å²) >= 11 is 0. The fourth-order valence-corrected chi connectivity index (χ4v) is 0.726. The van der Waals surface area contributed by atoms with Gasteiger partial charge in [0.25, 0.3) is 0 Å². The van der Waals surface area contributed by atoms with Gasteiger partial charge in [-0.2, -0.15) is 5.48 Å². The number of carboxylic acids is 1. The van der Waals surface area contributed by atoms with Gasteiger partial charge in [0.05, 0.1) is 6.61 Å². The van der Waals surface area contributed by atoms with Crippen LogP contribution in [0.15, 0.2) is 0 Å². The molecule has 2 amide bonds. The van der Waals surface area contributed by atoms with Gasteiger partial charge in [-0.3, -0.25) is 4.79 Å². The lowest BCUT2D eigenvalue weighted by Gasteiger charge is -2.01. The first-order valence-corrected chi connectivity index (χ1v) is 4.18. The minimum absolute atomic E-state index is 0.153. The normalized spacial score (nSPS) is 9.71. The molecular formula is C7H14N2O5. The molecule has 4 N–H and O–H groups in total. The molecular weight excluding hydrogens is 192 g/mol. The summed E-state index contributed by atoms with van der Waals surface area (Å²) in [6, 6.07) is -0.837. The molecule has 0 fully saturated rings. The summed E-state index contributed by atoms with van der Waals surface area (Å²) in [6.45, 7) is 0.278. The number of aliphatic carboxylic acids is 1. The van der Waals surface area contributed by atoms with Crippen molar-refractivity contribution < 1.29 is 24.6 Å². The largest absolute Gasteiger partial charge is 0.481 e. The molecule has 0 saturated heterocycles. The zero-order valence-electron chi connectivity index (χ0n) is 7.69. The van der Waals surface area contributed by atoms with Crippen LogP contribution in [-0.4, -0.2) is 23.7 Å². The maximum atomic E-state index is 10.1. The van der Waals surface area contributed by atoms with E-state index in [0.717, 1.165) is 6.42 Å². The Kier molecular flexibility index (Phi) is 7.48. The maximum Gasteiger partial charge on any atom is 0.338 e. The number of hydroxylamine groups is 1. The summed E-state index contributed by atoms with van der Waals surface area (Å²) in [5, 5.41) is 8.30. The molecule has 0 aliphatic rings. The van der Waals surface area contributed by atoms with Crippen molar-refractivity contribution in [3.05, 3.63) is 0 Å². The highest BCUT2D eigenvalue weighted by Crippen LogP contribution is 1.99. The minimum Gasteiger partial charge on any atom is -0.481 e. The number of primary amides is 1. The van der Waals surface area contributed by atoms with Gasteiger partial charge in [-0.1, -0.05) is 6.42 Å². The molecule has 82 valence electrons. The molecule has 0 aliphatic heterocycles. The molecule has 0 saturated carbocycles. The van der Waals surface area contributed by atoms with Crippen LogP contribution in [0, 0.1) is 0 Å². The Balaban J connectivity index is 2.99. The minimum atomic E-state index is -0.837. The standard InChI is InChI=1S/C7H14N2O5/c8-7(12)9-14-13-5-3-1-2-4-6(10)11/h1-5H2,(H,10,11)(H3,8,9,12). The average molecular weight is 206 g/mol. The van der Waals surface area contributed by atoms with E-state index in [-0.39, 0.29) is 13.0 Å². The Morgan fingerprint density at radius 2 is 2.00 bits per heavy atom. The summed E-state index contributed by atoms with van der Waals surface area (Å²) in [4.78, 5) is 28.8. The molecule has 0 aromatic carbocycles. The second-order valence-corrected chi connectivity index (χ2v) is 2.58. The first kappa shape index (κ1) is 12.7. The highest BCUT2D eigenvalue weighted by Gasteiger charge is 1.97. The zero-order chi connectivity index (χ0) is 10.8. The number of hydrogen-bond donors (Lipinski definition) is 3. The molecule has 0 unspecified atom stereocenters. The third-order valence-corrected chi connectivity index (χ3v) is 1.32. The second kappa shape index (κ2) is 8.27. The van der Waals surface area contributed by atoms with E-state index < -0.39 is 12.0 Å². The third-order valence-electron chi connectivity index (χ3n) is 1.32. The van der Waals surface area contributed by atoms with E-state index in [0.29, 0.717) is 12.8 Å². The summed E-state index contributed by atoms with van der Waals surface area (Å²) < 4.78 is 0. The highest BCUT2D eigenvalue weighted by atomic mass is 17.3. The monoisotopic (exact) mass is 206 g/mol. The molecule has 0 heterocycles. The van der Waals surface area contributed by atoms with E-state index in [2.05, 4.69) is 15.6 Å². The zero-order valence-corrected chi connectivity index (χ0v) is 7.69. The van der Waals surface area contributed by atoms with Crippen molar-refractivity contribution in [3.8, 4) is 0 Å². The second-order valence-electron chi connectivity index (χ2n) is 2.58. The molecule has 0 spiro atoms. The molecule has 0 aliphatic carbocycles. The predicted molar refractivity (Wildman–Crippen MR) is 45.9 cm³/mol. The Morgan fingerprint density at radius 3 is 2.57 bits per heavy atom. The number of carbonyl (C=O) groups is 2. The van der Waals surface area contributed by atoms with Crippen LogP contribution in [0.5, 0.6) is 0 Å². The molecule has 0 aromatic rings. The van der Waals surface area contributed by atoms with E-state index in [1.807, 2.05) is 0 Å².